The maximum atomic E-state index is 4.40. The van der Waals surface area contributed by atoms with E-state index in [4.69, 9.17) is 0 Å². The van der Waals surface area contributed by atoms with Crippen molar-refractivity contribution in [3.8, 4) is 0 Å². The zero-order valence-corrected chi connectivity index (χ0v) is 12.0. The molecule has 0 aliphatic carbocycles. The van der Waals surface area contributed by atoms with Gasteiger partial charge in [-0.2, -0.15) is 0 Å². The summed E-state index contributed by atoms with van der Waals surface area (Å²) in [4.78, 5) is 4.40. The maximum absolute atomic E-state index is 4.40. The van der Waals surface area contributed by atoms with E-state index in [9.17, 15) is 0 Å². The van der Waals surface area contributed by atoms with E-state index >= 15 is 0 Å². The highest BCUT2D eigenvalue weighted by molar-refractivity contribution is 4.97. The van der Waals surface area contributed by atoms with E-state index in [1.54, 1.807) is 0 Å². The van der Waals surface area contributed by atoms with Gasteiger partial charge in [-0.1, -0.05) is 13.8 Å². The molecular weight excluding hydrogens is 210 g/mol. The normalized spacial score (nSPS) is 12.4. The maximum Gasteiger partial charge on any atom is 0.111 e. The number of imidazole rings is 1. The van der Waals surface area contributed by atoms with Gasteiger partial charge in [0.25, 0.3) is 0 Å². The van der Waals surface area contributed by atoms with Crippen LogP contribution in [0.1, 0.15) is 59.2 Å². The Labute approximate surface area is 106 Å². The monoisotopic (exact) mass is 237 g/mol. The van der Waals surface area contributed by atoms with Crippen LogP contribution in [0.4, 0.5) is 0 Å². The molecule has 0 aliphatic heterocycles. The molecule has 0 aliphatic rings. The standard InChI is InChI=1S/C14H27N3/c1-12(2)13-15-9-11-17(13)10-7-6-8-16-14(3,4)5/h9,11-12,16H,6-8,10H2,1-5H3. The Hall–Kier alpha value is -0.830. The second-order valence-corrected chi connectivity index (χ2v) is 6.02. The first-order valence-electron chi connectivity index (χ1n) is 6.66. The van der Waals surface area contributed by atoms with Gasteiger partial charge in [0.05, 0.1) is 0 Å². The summed E-state index contributed by atoms with van der Waals surface area (Å²) in [7, 11) is 0. The van der Waals surface area contributed by atoms with Gasteiger partial charge in [-0.3, -0.25) is 0 Å². The average Bonchev–Trinajstić information content (AvgIpc) is 2.63. The molecule has 3 nitrogen and oxygen atoms in total. The van der Waals surface area contributed by atoms with Gasteiger partial charge in [0.1, 0.15) is 5.82 Å². The Kier molecular flexibility index (Phi) is 5.19. The molecule has 1 heterocycles. The first kappa shape index (κ1) is 14.2. The van der Waals surface area contributed by atoms with E-state index in [0.717, 1.165) is 13.1 Å². The summed E-state index contributed by atoms with van der Waals surface area (Å²) in [5.74, 6) is 1.71. The third-order valence-corrected chi connectivity index (χ3v) is 2.75. The van der Waals surface area contributed by atoms with Crippen LogP contribution in [0.15, 0.2) is 12.4 Å². The summed E-state index contributed by atoms with van der Waals surface area (Å²) in [6, 6.07) is 0. The van der Waals surface area contributed by atoms with Gasteiger partial charge >= 0.3 is 0 Å². The van der Waals surface area contributed by atoms with Crippen molar-refractivity contribution in [3.63, 3.8) is 0 Å². The first-order valence-corrected chi connectivity index (χ1v) is 6.66. The summed E-state index contributed by atoms with van der Waals surface area (Å²) in [5, 5.41) is 3.51. The van der Waals surface area contributed by atoms with Gasteiger partial charge < -0.3 is 9.88 Å². The van der Waals surface area contributed by atoms with E-state index < -0.39 is 0 Å². The zero-order valence-electron chi connectivity index (χ0n) is 12.0. The molecule has 0 saturated carbocycles. The first-order chi connectivity index (χ1) is 7.90. The molecule has 0 atom stereocenters. The SMILES string of the molecule is CC(C)c1nccn1CCCCNC(C)(C)C. The molecule has 0 bridgehead atoms. The predicted molar refractivity (Wildman–Crippen MR) is 73.3 cm³/mol. The van der Waals surface area contributed by atoms with Crippen molar-refractivity contribution in [1.29, 1.82) is 0 Å². The minimum Gasteiger partial charge on any atom is -0.335 e. The topological polar surface area (TPSA) is 29.9 Å². The molecule has 17 heavy (non-hydrogen) atoms. The smallest absolute Gasteiger partial charge is 0.111 e. The minimum absolute atomic E-state index is 0.234. The van der Waals surface area contributed by atoms with Crippen molar-refractivity contribution in [2.45, 2.75) is 65.5 Å². The van der Waals surface area contributed by atoms with Crippen LogP contribution in [0.25, 0.3) is 0 Å². The molecule has 0 radical (unpaired) electrons. The van der Waals surface area contributed by atoms with Gasteiger partial charge in [0.2, 0.25) is 0 Å². The summed E-state index contributed by atoms with van der Waals surface area (Å²) in [6.45, 7) is 13.2. The molecule has 0 saturated heterocycles. The van der Waals surface area contributed by atoms with E-state index in [1.165, 1.54) is 18.7 Å². The number of hydrogen-bond acceptors (Lipinski definition) is 2. The van der Waals surface area contributed by atoms with E-state index in [2.05, 4.69) is 55.7 Å². The fraction of sp³-hybridized carbons (Fsp3) is 0.786. The predicted octanol–water partition coefficient (Wildman–Crippen LogP) is 3.17. The molecule has 0 fully saturated rings. The number of hydrogen-bond donors (Lipinski definition) is 1. The summed E-state index contributed by atoms with van der Waals surface area (Å²) in [6.07, 6.45) is 6.42. The minimum atomic E-state index is 0.234. The molecule has 1 aromatic rings. The number of nitrogens with zero attached hydrogens (tertiary/aromatic N) is 2. The summed E-state index contributed by atoms with van der Waals surface area (Å²) >= 11 is 0. The second kappa shape index (κ2) is 6.20. The molecular formula is C14H27N3. The van der Waals surface area contributed by atoms with Crippen LogP contribution in [0.5, 0.6) is 0 Å². The van der Waals surface area contributed by atoms with Crippen LogP contribution in [-0.2, 0) is 6.54 Å². The van der Waals surface area contributed by atoms with Crippen molar-refractivity contribution < 1.29 is 0 Å². The second-order valence-electron chi connectivity index (χ2n) is 6.02. The molecule has 1 aromatic heterocycles. The van der Waals surface area contributed by atoms with E-state index in [1.807, 2.05) is 6.20 Å². The lowest BCUT2D eigenvalue weighted by molar-refractivity contribution is 0.413. The number of aromatic nitrogens is 2. The van der Waals surface area contributed by atoms with Gasteiger partial charge in [-0.25, -0.2) is 4.98 Å². The number of aryl methyl sites for hydroxylation is 1. The van der Waals surface area contributed by atoms with Crippen molar-refractivity contribution in [2.75, 3.05) is 6.54 Å². The molecule has 0 spiro atoms. The van der Waals surface area contributed by atoms with Gasteiger partial charge in [0, 0.05) is 30.4 Å². The molecule has 0 amide bonds. The van der Waals surface area contributed by atoms with Crippen LogP contribution in [0.3, 0.4) is 0 Å². The third kappa shape index (κ3) is 5.35. The highest BCUT2D eigenvalue weighted by Crippen LogP contribution is 2.12. The Morgan fingerprint density at radius 2 is 2.00 bits per heavy atom. The molecule has 3 heteroatoms. The largest absolute Gasteiger partial charge is 0.335 e. The van der Waals surface area contributed by atoms with Gasteiger partial charge in [-0.15, -0.1) is 0 Å². The number of unbranched alkanes of at least 4 members (excludes halogenated alkanes) is 1. The highest BCUT2D eigenvalue weighted by atomic mass is 15.1. The summed E-state index contributed by atoms with van der Waals surface area (Å²) in [5.41, 5.74) is 0.234. The van der Waals surface area contributed by atoms with E-state index in [0.29, 0.717) is 5.92 Å². The van der Waals surface area contributed by atoms with Crippen LogP contribution in [0, 0.1) is 0 Å². The van der Waals surface area contributed by atoms with Gasteiger partial charge in [-0.05, 0) is 40.2 Å². The lowest BCUT2D eigenvalue weighted by atomic mass is 10.1. The van der Waals surface area contributed by atoms with E-state index in [-0.39, 0.29) is 5.54 Å². The van der Waals surface area contributed by atoms with Crippen molar-refractivity contribution >= 4 is 0 Å². The van der Waals surface area contributed by atoms with Crippen LogP contribution in [0.2, 0.25) is 0 Å². The fourth-order valence-electron chi connectivity index (χ4n) is 1.88. The van der Waals surface area contributed by atoms with Crippen molar-refractivity contribution in [1.82, 2.24) is 14.9 Å². The Morgan fingerprint density at radius 1 is 1.29 bits per heavy atom. The van der Waals surface area contributed by atoms with Crippen LogP contribution >= 0.6 is 0 Å². The molecule has 1 rings (SSSR count). The van der Waals surface area contributed by atoms with Crippen LogP contribution in [-0.4, -0.2) is 21.6 Å². The van der Waals surface area contributed by atoms with Crippen LogP contribution < -0.4 is 5.32 Å². The Bertz CT molecular complexity index is 320. The number of rotatable bonds is 6. The Balaban J connectivity index is 2.25. The van der Waals surface area contributed by atoms with Crippen molar-refractivity contribution in [2.24, 2.45) is 0 Å². The average molecular weight is 237 g/mol. The lowest BCUT2D eigenvalue weighted by Gasteiger charge is -2.20. The summed E-state index contributed by atoms with van der Waals surface area (Å²) < 4.78 is 2.28. The highest BCUT2D eigenvalue weighted by Gasteiger charge is 2.08. The van der Waals surface area contributed by atoms with Gasteiger partial charge in [0.15, 0.2) is 0 Å². The molecule has 0 aromatic carbocycles. The lowest BCUT2D eigenvalue weighted by Crippen LogP contribution is -2.36. The molecule has 1 N–H and O–H groups in total. The number of nitrogens with one attached hydrogen (secondary N) is 1. The quantitative estimate of drug-likeness (QED) is 0.770. The fourth-order valence-corrected chi connectivity index (χ4v) is 1.88. The molecule has 98 valence electrons. The Morgan fingerprint density at radius 3 is 2.59 bits per heavy atom. The van der Waals surface area contributed by atoms with Crippen molar-refractivity contribution in [3.05, 3.63) is 18.2 Å². The third-order valence-electron chi connectivity index (χ3n) is 2.75. The zero-order chi connectivity index (χ0) is 12.9. The molecule has 0 unspecified atom stereocenters.